The van der Waals surface area contributed by atoms with Gasteiger partial charge in [0.15, 0.2) is 0 Å². The van der Waals surface area contributed by atoms with Crippen molar-refractivity contribution in [3.05, 3.63) is 53.6 Å². The molecular formula is C15H19FN4O2S. The molecule has 0 bridgehead atoms. The molecule has 1 unspecified atom stereocenters. The highest BCUT2D eigenvalue weighted by Crippen LogP contribution is 2.22. The molecule has 3 rings (SSSR count). The van der Waals surface area contributed by atoms with Crippen LogP contribution >= 0.6 is 0 Å². The van der Waals surface area contributed by atoms with E-state index in [2.05, 4.69) is 14.7 Å². The quantitative estimate of drug-likeness (QED) is 0.887. The van der Waals surface area contributed by atoms with Gasteiger partial charge in [0.1, 0.15) is 5.82 Å². The van der Waals surface area contributed by atoms with Crippen molar-refractivity contribution in [3.63, 3.8) is 0 Å². The van der Waals surface area contributed by atoms with Gasteiger partial charge < -0.3 is 0 Å². The Bertz CT molecular complexity index is 790. The monoisotopic (exact) mass is 338 g/mol. The number of hydrogen-bond acceptors (Lipinski definition) is 4. The zero-order chi connectivity index (χ0) is 16.4. The minimum absolute atomic E-state index is 0.116. The van der Waals surface area contributed by atoms with Crippen LogP contribution in [0.25, 0.3) is 0 Å². The van der Waals surface area contributed by atoms with E-state index in [1.54, 1.807) is 18.3 Å². The molecule has 1 aliphatic rings. The topological polar surface area (TPSA) is 67.2 Å². The Morgan fingerprint density at radius 2 is 2.13 bits per heavy atom. The van der Waals surface area contributed by atoms with E-state index in [-0.39, 0.29) is 18.4 Å². The summed E-state index contributed by atoms with van der Waals surface area (Å²) >= 11 is 0. The molecule has 0 saturated carbocycles. The summed E-state index contributed by atoms with van der Waals surface area (Å²) in [6, 6.07) is 8.49. The summed E-state index contributed by atoms with van der Waals surface area (Å²) in [6.07, 6.45) is 2.84. The first-order valence-corrected chi connectivity index (χ1v) is 9.24. The Kier molecular flexibility index (Phi) is 4.47. The molecule has 0 spiro atoms. The second kappa shape index (κ2) is 6.38. The van der Waals surface area contributed by atoms with Gasteiger partial charge in [0.05, 0.1) is 18.0 Å². The van der Waals surface area contributed by atoms with E-state index in [4.69, 9.17) is 0 Å². The smallest absolute Gasteiger partial charge is 0.208 e. The zero-order valence-electron chi connectivity index (χ0n) is 12.8. The lowest BCUT2D eigenvalue weighted by Gasteiger charge is -2.34. The van der Waals surface area contributed by atoms with E-state index in [9.17, 15) is 12.8 Å². The molecule has 23 heavy (non-hydrogen) atoms. The Morgan fingerprint density at radius 1 is 1.35 bits per heavy atom. The lowest BCUT2D eigenvalue weighted by molar-refractivity contribution is 0.166. The van der Waals surface area contributed by atoms with Crippen molar-refractivity contribution in [1.29, 1.82) is 0 Å². The van der Waals surface area contributed by atoms with Crippen LogP contribution in [0.1, 0.15) is 17.3 Å². The predicted molar refractivity (Wildman–Crippen MR) is 84.6 cm³/mol. The Hall–Kier alpha value is -1.77. The zero-order valence-corrected chi connectivity index (χ0v) is 13.6. The molecular weight excluding hydrogens is 319 g/mol. The second-order valence-electron chi connectivity index (χ2n) is 5.80. The van der Waals surface area contributed by atoms with Crippen LogP contribution in [0.15, 0.2) is 36.5 Å². The summed E-state index contributed by atoms with van der Waals surface area (Å²) in [7, 11) is -3.26. The highest BCUT2D eigenvalue weighted by atomic mass is 32.2. The van der Waals surface area contributed by atoms with Gasteiger partial charge in [-0.2, -0.15) is 5.10 Å². The molecule has 1 aliphatic heterocycles. The van der Waals surface area contributed by atoms with Gasteiger partial charge in [-0.05, 0) is 12.1 Å². The summed E-state index contributed by atoms with van der Waals surface area (Å²) < 4.78 is 40.9. The first kappa shape index (κ1) is 16.1. The third-order valence-corrected chi connectivity index (χ3v) is 4.58. The van der Waals surface area contributed by atoms with Crippen molar-refractivity contribution in [3.8, 4) is 0 Å². The standard InChI is InChI=1S/C15H19FN4O2S/c1-23(21,22)18-8-14-11-19(10-13-6-7-17-20(13)14)9-12-4-2-3-5-15(12)16/h2-7,14,18H,8-11H2,1H3. The fraction of sp³-hybridized carbons (Fsp3) is 0.400. The van der Waals surface area contributed by atoms with Gasteiger partial charge in [0, 0.05) is 37.9 Å². The average molecular weight is 338 g/mol. The summed E-state index contributed by atoms with van der Waals surface area (Å²) in [5, 5.41) is 4.28. The van der Waals surface area contributed by atoms with Gasteiger partial charge in [0.2, 0.25) is 10.0 Å². The molecule has 2 heterocycles. The summed E-state index contributed by atoms with van der Waals surface area (Å²) in [6.45, 7) is 2.00. The predicted octanol–water partition coefficient (Wildman–Crippen LogP) is 1.13. The van der Waals surface area contributed by atoms with Crippen molar-refractivity contribution in [2.75, 3.05) is 19.3 Å². The summed E-state index contributed by atoms with van der Waals surface area (Å²) in [5.74, 6) is -0.225. The van der Waals surface area contributed by atoms with E-state index in [0.717, 1.165) is 11.9 Å². The molecule has 8 heteroatoms. The maximum Gasteiger partial charge on any atom is 0.208 e. The normalized spacial score (nSPS) is 18.8. The van der Waals surface area contributed by atoms with Gasteiger partial charge in [-0.25, -0.2) is 17.5 Å². The van der Waals surface area contributed by atoms with Crippen molar-refractivity contribution < 1.29 is 12.8 Å². The van der Waals surface area contributed by atoms with Crippen LogP contribution in [0.3, 0.4) is 0 Å². The van der Waals surface area contributed by atoms with E-state index in [1.807, 2.05) is 16.8 Å². The third kappa shape index (κ3) is 3.95. The van der Waals surface area contributed by atoms with Crippen molar-refractivity contribution >= 4 is 10.0 Å². The van der Waals surface area contributed by atoms with Crippen molar-refractivity contribution in [2.45, 2.75) is 19.1 Å². The summed E-state index contributed by atoms with van der Waals surface area (Å²) in [4.78, 5) is 2.10. The molecule has 0 amide bonds. The fourth-order valence-electron chi connectivity index (χ4n) is 2.85. The molecule has 1 atom stereocenters. The van der Waals surface area contributed by atoms with Crippen LogP contribution in [0.2, 0.25) is 0 Å². The number of halogens is 1. The molecule has 1 aromatic heterocycles. The largest absolute Gasteiger partial charge is 0.291 e. The highest BCUT2D eigenvalue weighted by Gasteiger charge is 2.26. The SMILES string of the molecule is CS(=O)(=O)NCC1CN(Cc2ccccc2F)Cc2ccnn21. The molecule has 124 valence electrons. The minimum Gasteiger partial charge on any atom is -0.291 e. The van der Waals surface area contributed by atoms with Crippen molar-refractivity contribution in [2.24, 2.45) is 0 Å². The number of benzene rings is 1. The molecule has 0 radical (unpaired) electrons. The Morgan fingerprint density at radius 3 is 2.87 bits per heavy atom. The molecule has 2 aromatic rings. The van der Waals surface area contributed by atoms with E-state index in [1.165, 1.54) is 6.07 Å². The lowest BCUT2D eigenvalue weighted by Crippen LogP contribution is -2.42. The number of hydrogen-bond donors (Lipinski definition) is 1. The Balaban J connectivity index is 1.76. The maximum atomic E-state index is 13.8. The van der Waals surface area contributed by atoms with Gasteiger partial charge in [-0.3, -0.25) is 9.58 Å². The van der Waals surface area contributed by atoms with E-state index < -0.39 is 10.0 Å². The highest BCUT2D eigenvalue weighted by molar-refractivity contribution is 7.88. The van der Waals surface area contributed by atoms with Crippen LogP contribution in [-0.2, 0) is 23.1 Å². The molecule has 0 saturated heterocycles. The summed E-state index contributed by atoms with van der Waals surface area (Å²) in [5.41, 5.74) is 1.63. The Labute approximate surface area is 135 Å². The van der Waals surface area contributed by atoms with Crippen LogP contribution < -0.4 is 4.72 Å². The van der Waals surface area contributed by atoms with Gasteiger partial charge in [0.25, 0.3) is 0 Å². The average Bonchev–Trinajstić information content (AvgIpc) is 2.95. The van der Waals surface area contributed by atoms with Gasteiger partial charge in [-0.15, -0.1) is 0 Å². The number of fused-ring (bicyclic) bond motifs is 1. The fourth-order valence-corrected chi connectivity index (χ4v) is 3.35. The molecule has 6 nitrogen and oxygen atoms in total. The lowest BCUT2D eigenvalue weighted by atomic mass is 10.1. The number of aromatic nitrogens is 2. The van der Waals surface area contributed by atoms with E-state index in [0.29, 0.717) is 25.2 Å². The van der Waals surface area contributed by atoms with Crippen molar-refractivity contribution in [1.82, 2.24) is 19.4 Å². The number of rotatable bonds is 5. The van der Waals surface area contributed by atoms with Crippen LogP contribution in [0.5, 0.6) is 0 Å². The van der Waals surface area contributed by atoms with Gasteiger partial charge >= 0.3 is 0 Å². The number of sulfonamides is 1. The van der Waals surface area contributed by atoms with Crippen LogP contribution in [-0.4, -0.2) is 42.4 Å². The van der Waals surface area contributed by atoms with E-state index >= 15 is 0 Å². The van der Waals surface area contributed by atoms with Gasteiger partial charge in [-0.1, -0.05) is 18.2 Å². The molecule has 0 fully saturated rings. The van der Waals surface area contributed by atoms with Crippen LogP contribution in [0, 0.1) is 5.82 Å². The number of nitrogens with one attached hydrogen (secondary N) is 1. The second-order valence-corrected chi connectivity index (χ2v) is 7.64. The van der Waals surface area contributed by atoms with Crippen LogP contribution in [0.4, 0.5) is 4.39 Å². The maximum absolute atomic E-state index is 13.8. The third-order valence-electron chi connectivity index (χ3n) is 3.89. The number of nitrogens with zero attached hydrogens (tertiary/aromatic N) is 3. The first-order chi connectivity index (χ1) is 10.9. The molecule has 0 aliphatic carbocycles. The molecule has 1 N–H and O–H groups in total. The molecule has 1 aromatic carbocycles. The minimum atomic E-state index is -3.26. The first-order valence-electron chi connectivity index (χ1n) is 7.35.